The molecule has 0 aromatic heterocycles. The fraction of sp³-hybridized carbons (Fsp3) is 0.816. The highest BCUT2D eigenvalue weighted by atomic mass is 16.6. The highest BCUT2D eigenvalue weighted by Gasteiger charge is 2.31. The number of nitrogens with zero attached hydrogens (tertiary/aromatic N) is 1. The van der Waals surface area contributed by atoms with Crippen LogP contribution < -0.4 is 0 Å². The van der Waals surface area contributed by atoms with Gasteiger partial charge in [-0.15, -0.1) is 0 Å². The molecule has 1 N–H and O–H groups in total. The van der Waals surface area contributed by atoms with Crippen molar-refractivity contribution in [2.24, 2.45) is 0 Å². The number of carbonyl (C=O) groups is 3. The largest absolute Gasteiger partial charge is 0.477 e. The third-order valence-electron chi connectivity index (χ3n) is 8.13. The van der Waals surface area contributed by atoms with E-state index in [1.165, 1.54) is 64.2 Å². The summed E-state index contributed by atoms with van der Waals surface area (Å²) in [5.74, 6) is -1.50. The fourth-order valence-corrected chi connectivity index (χ4v) is 5.18. The Bertz CT molecular complexity index is 818. The van der Waals surface area contributed by atoms with Crippen molar-refractivity contribution in [3.63, 3.8) is 0 Å². The zero-order valence-corrected chi connectivity index (χ0v) is 30.3. The molecule has 268 valence electrons. The third kappa shape index (κ3) is 28.1. The van der Waals surface area contributed by atoms with Gasteiger partial charge in [-0.05, 0) is 32.1 Å². The minimum absolute atomic E-state index is 0.0531. The molecule has 0 spiro atoms. The molecule has 46 heavy (non-hydrogen) atoms. The van der Waals surface area contributed by atoms with Gasteiger partial charge in [0.25, 0.3) is 0 Å². The zero-order chi connectivity index (χ0) is 34.3. The summed E-state index contributed by atoms with van der Waals surface area (Å²) in [6.45, 7) is 4.63. The summed E-state index contributed by atoms with van der Waals surface area (Å²) in [6.07, 6.45) is 29.3. The number of quaternary nitrogens is 1. The molecule has 0 amide bonds. The summed E-state index contributed by atoms with van der Waals surface area (Å²) in [5, 5.41) is 9.56. The second-order valence-electron chi connectivity index (χ2n) is 13.5. The monoisotopic (exact) mass is 653 g/mol. The number of likely N-dealkylation sites (N-methyl/N-ethyl adjacent to an activating group) is 1. The molecule has 2 atom stereocenters. The highest BCUT2D eigenvalue weighted by Crippen LogP contribution is 2.13. The summed E-state index contributed by atoms with van der Waals surface area (Å²) in [4.78, 5) is 36.6. The van der Waals surface area contributed by atoms with Gasteiger partial charge in [-0.3, -0.25) is 9.59 Å². The van der Waals surface area contributed by atoms with Gasteiger partial charge in [-0.1, -0.05) is 122 Å². The van der Waals surface area contributed by atoms with Crippen LogP contribution in [-0.2, 0) is 28.6 Å². The van der Waals surface area contributed by atoms with Crippen LogP contribution in [0.2, 0.25) is 0 Å². The molecule has 0 aliphatic rings. The van der Waals surface area contributed by atoms with E-state index in [-0.39, 0.29) is 36.2 Å². The minimum Gasteiger partial charge on any atom is -0.477 e. The zero-order valence-electron chi connectivity index (χ0n) is 30.3. The average Bonchev–Trinajstić information content (AvgIpc) is 3.00. The lowest BCUT2D eigenvalue weighted by molar-refractivity contribution is -0.887. The lowest BCUT2D eigenvalue weighted by atomic mass is 10.1. The summed E-state index contributed by atoms with van der Waals surface area (Å²) in [6, 6.07) is -0.614. The number of ether oxygens (including phenoxy) is 3. The van der Waals surface area contributed by atoms with E-state index in [2.05, 4.69) is 38.2 Å². The van der Waals surface area contributed by atoms with E-state index < -0.39 is 18.1 Å². The van der Waals surface area contributed by atoms with Crippen LogP contribution in [0.5, 0.6) is 0 Å². The number of aliphatic carboxylic acids is 1. The Labute approximate surface area is 281 Å². The van der Waals surface area contributed by atoms with Gasteiger partial charge in [-0.2, -0.15) is 0 Å². The van der Waals surface area contributed by atoms with Crippen molar-refractivity contribution < 1.29 is 38.2 Å². The topological polar surface area (TPSA) is 99.1 Å². The Morgan fingerprint density at radius 2 is 1.15 bits per heavy atom. The van der Waals surface area contributed by atoms with E-state index >= 15 is 0 Å². The van der Waals surface area contributed by atoms with Crippen molar-refractivity contribution in [1.29, 1.82) is 0 Å². The van der Waals surface area contributed by atoms with Crippen LogP contribution in [0.4, 0.5) is 0 Å². The molecule has 0 rings (SSSR count). The first-order valence-electron chi connectivity index (χ1n) is 18.4. The first-order valence-corrected chi connectivity index (χ1v) is 18.4. The number of carboxylic acid groups (broad SMARTS) is 1. The summed E-state index contributed by atoms with van der Waals surface area (Å²) < 4.78 is 17.1. The van der Waals surface area contributed by atoms with Crippen molar-refractivity contribution in [2.75, 3.05) is 41.0 Å². The van der Waals surface area contributed by atoms with E-state index in [0.717, 1.165) is 51.4 Å². The molecule has 0 fully saturated rings. The van der Waals surface area contributed by atoms with Gasteiger partial charge in [-0.25, -0.2) is 4.79 Å². The molecule has 8 nitrogen and oxygen atoms in total. The smallest absolute Gasteiger partial charge is 0.362 e. The molecule has 8 heteroatoms. The maximum absolute atomic E-state index is 12.6. The van der Waals surface area contributed by atoms with E-state index in [1.807, 2.05) is 21.1 Å². The Morgan fingerprint density at radius 3 is 1.70 bits per heavy atom. The van der Waals surface area contributed by atoms with Crippen LogP contribution in [-0.4, -0.2) is 80.6 Å². The third-order valence-corrected chi connectivity index (χ3v) is 8.13. The van der Waals surface area contributed by atoms with Gasteiger partial charge in [0, 0.05) is 19.3 Å². The predicted molar refractivity (Wildman–Crippen MR) is 188 cm³/mol. The van der Waals surface area contributed by atoms with Crippen LogP contribution >= 0.6 is 0 Å². The molecule has 0 bridgehead atoms. The second-order valence-corrected chi connectivity index (χ2v) is 13.5. The lowest BCUT2D eigenvalue weighted by Gasteiger charge is -2.31. The first-order chi connectivity index (χ1) is 22.1. The van der Waals surface area contributed by atoms with Crippen LogP contribution in [0.3, 0.4) is 0 Å². The van der Waals surface area contributed by atoms with Crippen LogP contribution in [0.1, 0.15) is 149 Å². The van der Waals surface area contributed by atoms with Gasteiger partial charge in [0.15, 0.2) is 12.1 Å². The standard InChI is InChI=1S/C38H69NO7/c1-6-8-10-12-14-16-18-20-22-24-26-28-36(40)45-33-34(32-44-31-30-35(38(42)43)39(3,4)5)46-37(41)29-27-25-23-21-19-17-15-13-11-9-7-2/h13,15,17,19,34-35H,6-12,14,16,18,20-33H2,1-5H3/p+1/b15-13+,19-17+. The van der Waals surface area contributed by atoms with E-state index in [9.17, 15) is 19.5 Å². The Hall–Kier alpha value is -2.19. The SMILES string of the molecule is CCCC/C=C/C=C/CCCCCC(=O)OC(COCCC(C(=O)O)[N+](C)(C)C)COC(=O)CCCCCCCCCCCCC. The molecular weight excluding hydrogens is 582 g/mol. The van der Waals surface area contributed by atoms with Gasteiger partial charge < -0.3 is 23.8 Å². The number of carboxylic acids is 1. The number of allylic oxidation sites excluding steroid dienone is 4. The van der Waals surface area contributed by atoms with Crippen LogP contribution in [0.15, 0.2) is 24.3 Å². The van der Waals surface area contributed by atoms with E-state index in [1.54, 1.807) is 0 Å². The van der Waals surface area contributed by atoms with Gasteiger partial charge in [0.05, 0.1) is 34.4 Å². The number of unbranched alkanes of at least 4 members (excludes halogenated alkanes) is 15. The number of rotatable bonds is 32. The van der Waals surface area contributed by atoms with Crippen molar-refractivity contribution in [2.45, 2.75) is 161 Å². The highest BCUT2D eigenvalue weighted by molar-refractivity contribution is 5.72. The predicted octanol–water partition coefficient (Wildman–Crippen LogP) is 8.96. The average molecular weight is 653 g/mol. The van der Waals surface area contributed by atoms with Gasteiger partial charge in [0.1, 0.15) is 6.61 Å². The maximum Gasteiger partial charge on any atom is 0.362 e. The maximum atomic E-state index is 12.6. The van der Waals surface area contributed by atoms with Crippen molar-refractivity contribution in [3.8, 4) is 0 Å². The number of esters is 2. The Morgan fingerprint density at radius 1 is 0.652 bits per heavy atom. The first kappa shape index (κ1) is 43.8. The molecule has 0 aliphatic heterocycles. The summed E-state index contributed by atoms with van der Waals surface area (Å²) >= 11 is 0. The lowest BCUT2D eigenvalue weighted by Crippen LogP contribution is -2.50. The number of hydrogen-bond acceptors (Lipinski definition) is 6. The number of hydrogen-bond donors (Lipinski definition) is 1. The van der Waals surface area contributed by atoms with Crippen LogP contribution in [0.25, 0.3) is 0 Å². The summed E-state index contributed by atoms with van der Waals surface area (Å²) in [7, 11) is 5.50. The molecule has 0 heterocycles. The summed E-state index contributed by atoms with van der Waals surface area (Å²) in [5.41, 5.74) is 0. The van der Waals surface area contributed by atoms with E-state index in [0.29, 0.717) is 19.3 Å². The molecule has 0 radical (unpaired) electrons. The van der Waals surface area contributed by atoms with Crippen LogP contribution in [0, 0.1) is 0 Å². The normalized spacial score (nSPS) is 13.3. The van der Waals surface area contributed by atoms with Crippen molar-refractivity contribution in [1.82, 2.24) is 0 Å². The Kier molecular flexibility index (Phi) is 28.7. The van der Waals surface area contributed by atoms with Gasteiger partial charge in [0.2, 0.25) is 0 Å². The molecule has 2 unspecified atom stereocenters. The Balaban J connectivity index is 4.49. The molecule has 0 aliphatic carbocycles. The molecule has 0 aromatic rings. The molecule has 0 aromatic carbocycles. The molecule has 0 saturated carbocycles. The molecule has 0 saturated heterocycles. The minimum atomic E-state index is -0.880. The molecular formula is C38H70NO7+. The van der Waals surface area contributed by atoms with Gasteiger partial charge >= 0.3 is 17.9 Å². The second kappa shape index (κ2) is 30.2. The van der Waals surface area contributed by atoms with Crippen molar-refractivity contribution in [3.05, 3.63) is 24.3 Å². The quantitative estimate of drug-likeness (QED) is 0.0335. The number of carbonyl (C=O) groups excluding carboxylic acids is 2. The fourth-order valence-electron chi connectivity index (χ4n) is 5.18. The van der Waals surface area contributed by atoms with Crippen molar-refractivity contribution >= 4 is 17.9 Å². The van der Waals surface area contributed by atoms with E-state index in [4.69, 9.17) is 14.2 Å².